The third kappa shape index (κ3) is 4.84. The molecule has 0 aromatic heterocycles. The largest absolute Gasteiger partial charge is 0.497 e. The fourth-order valence-electron chi connectivity index (χ4n) is 4.11. The zero-order chi connectivity index (χ0) is 20.7. The van der Waals surface area contributed by atoms with Crippen LogP contribution in [0.25, 0.3) is 0 Å². The van der Waals surface area contributed by atoms with Crippen LogP contribution < -0.4 is 19.5 Å². The molecule has 1 aliphatic rings. The topological polar surface area (TPSA) is 56.8 Å². The van der Waals surface area contributed by atoms with Crippen molar-refractivity contribution in [3.05, 3.63) is 53.6 Å². The van der Waals surface area contributed by atoms with Crippen LogP contribution in [0.3, 0.4) is 0 Å². The summed E-state index contributed by atoms with van der Waals surface area (Å²) in [5.74, 6) is 2.03. The van der Waals surface area contributed by atoms with Crippen molar-refractivity contribution in [2.75, 3.05) is 26.9 Å². The van der Waals surface area contributed by atoms with E-state index in [1.807, 2.05) is 26.0 Å². The van der Waals surface area contributed by atoms with Crippen LogP contribution in [0.4, 0.5) is 0 Å². The van der Waals surface area contributed by atoms with Crippen molar-refractivity contribution in [2.45, 2.75) is 44.9 Å². The van der Waals surface area contributed by atoms with Crippen LogP contribution in [0.2, 0.25) is 0 Å². The van der Waals surface area contributed by atoms with Gasteiger partial charge in [-0.2, -0.15) is 0 Å². The summed E-state index contributed by atoms with van der Waals surface area (Å²) in [6.45, 7) is 5.54. The van der Waals surface area contributed by atoms with Gasteiger partial charge in [0.2, 0.25) is 0 Å². The van der Waals surface area contributed by atoms with Crippen LogP contribution in [0.1, 0.15) is 55.5 Å². The Hall–Kier alpha value is -2.69. The maximum absolute atomic E-state index is 12.9. The van der Waals surface area contributed by atoms with Crippen molar-refractivity contribution in [3.8, 4) is 17.2 Å². The molecule has 0 bridgehead atoms. The second kappa shape index (κ2) is 9.68. The minimum Gasteiger partial charge on any atom is -0.497 e. The van der Waals surface area contributed by atoms with Crippen LogP contribution >= 0.6 is 0 Å². The summed E-state index contributed by atoms with van der Waals surface area (Å²) < 4.78 is 16.5. The molecule has 1 amide bonds. The van der Waals surface area contributed by atoms with Gasteiger partial charge < -0.3 is 19.5 Å². The fourth-order valence-corrected chi connectivity index (χ4v) is 4.11. The molecule has 0 unspecified atom stereocenters. The quantitative estimate of drug-likeness (QED) is 0.664. The predicted molar refractivity (Wildman–Crippen MR) is 114 cm³/mol. The lowest BCUT2D eigenvalue weighted by atomic mass is 9.78. The molecule has 0 aliphatic heterocycles. The molecule has 5 nitrogen and oxygen atoms in total. The first-order valence-electron chi connectivity index (χ1n) is 10.4. The number of rotatable bonds is 9. The van der Waals surface area contributed by atoms with Crippen molar-refractivity contribution < 1.29 is 19.0 Å². The van der Waals surface area contributed by atoms with Gasteiger partial charge in [-0.25, -0.2) is 0 Å². The molecule has 0 spiro atoms. The zero-order valence-corrected chi connectivity index (χ0v) is 17.6. The van der Waals surface area contributed by atoms with E-state index in [1.54, 1.807) is 25.3 Å². The number of benzene rings is 2. The van der Waals surface area contributed by atoms with Gasteiger partial charge in [0.15, 0.2) is 11.5 Å². The summed E-state index contributed by atoms with van der Waals surface area (Å²) in [7, 11) is 1.67. The van der Waals surface area contributed by atoms with E-state index in [9.17, 15) is 4.79 Å². The average molecular weight is 398 g/mol. The lowest BCUT2D eigenvalue weighted by molar-refractivity contribution is 0.0942. The van der Waals surface area contributed by atoms with Crippen molar-refractivity contribution in [1.29, 1.82) is 0 Å². The van der Waals surface area contributed by atoms with E-state index < -0.39 is 0 Å². The third-order valence-corrected chi connectivity index (χ3v) is 5.66. The van der Waals surface area contributed by atoms with Crippen LogP contribution in [0.15, 0.2) is 42.5 Å². The Morgan fingerprint density at radius 1 is 0.966 bits per heavy atom. The lowest BCUT2D eigenvalue weighted by Crippen LogP contribution is -2.39. The van der Waals surface area contributed by atoms with Crippen molar-refractivity contribution >= 4 is 5.91 Å². The minimum absolute atomic E-state index is 0.0179. The second-order valence-electron chi connectivity index (χ2n) is 7.43. The summed E-state index contributed by atoms with van der Waals surface area (Å²) in [4.78, 5) is 12.9. The van der Waals surface area contributed by atoms with Crippen molar-refractivity contribution in [3.63, 3.8) is 0 Å². The molecule has 3 rings (SSSR count). The second-order valence-corrected chi connectivity index (χ2v) is 7.43. The molecule has 29 heavy (non-hydrogen) atoms. The van der Waals surface area contributed by atoms with Crippen LogP contribution in [-0.2, 0) is 5.41 Å². The maximum atomic E-state index is 12.9. The number of nitrogens with one attached hydrogen (secondary N) is 1. The van der Waals surface area contributed by atoms with Gasteiger partial charge in [0.1, 0.15) is 5.75 Å². The highest BCUT2D eigenvalue weighted by Crippen LogP contribution is 2.41. The van der Waals surface area contributed by atoms with Gasteiger partial charge >= 0.3 is 0 Å². The summed E-state index contributed by atoms with van der Waals surface area (Å²) >= 11 is 0. The summed E-state index contributed by atoms with van der Waals surface area (Å²) in [6, 6.07) is 13.6. The minimum atomic E-state index is -0.0891. The van der Waals surface area contributed by atoms with Gasteiger partial charge in [-0.3, -0.25) is 4.79 Å². The Morgan fingerprint density at radius 2 is 1.62 bits per heavy atom. The smallest absolute Gasteiger partial charge is 0.251 e. The molecule has 1 fully saturated rings. The highest BCUT2D eigenvalue weighted by atomic mass is 16.5. The number of hydrogen-bond donors (Lipinski definition) is 1. The maximum Gasteiger partial charge on any atom is 0.251 e. The van der Waals surface area contributed by atoms with E-state index in [1.165, 1.54) is 18.4 Å². The van der Waals surface area contributed by atoms with Crippen LogP contribution in [-0.4, -0.2) is 32.8 Å². The normalized spacial score (nSPS) is 15.0. The van der Waals surface area contributed by atoms with Crippen LogP contribution in [0, 0.1) is 0 Å². The summed E-state index contributed by atoms with van der Waals surface area (Å²) in [6.07, 6.45) is 4.51. The van der Waals surface area contributed by atoms with E-state index in [4.69, 9.17) is 14.2 Å². The van der Waals surface area contributed by atoms with Gasteiger partial charge in [-0.05, 0) is 62.6 Å². The number of ether oxygens (including phenoxy) is 3. The molecule has 0 atom stereocenters. The molecule has 1 N–H and O–H groups in total. The lowest BCUT2D eigenvalue weighted by Gasteiger charge is -2.30. The van der Waals surface area contributed by atoms with E-state index in [0.717, 1.165) is 18.6 Å². The highest BCUT2D eigenvalue weighted by molar-refractivity contribution is 5.95. The molecular weight excluding hydrogens is 366 g/mol. The first-order chi connectivity index (χ1) is 14.1. The first-order valence-corrected chi connectivity index (χ1v) is 10.4. The number of carbonyl (C=O) groups is 1. The summed E-state index contributed by atoms with van der Waals surface area (Å²) in [5, 5.41) is 3.16. The van der Waals surface area contributed by atoms with Gasteiger partial charge in [0, 0.05) is 17.5 Å². The van der Waals surface area contributed by atoms with E-state index in [-0.39, 0.29) is 11.3 Å². The molecule has 0 heterocycles. The van der Waals surface area contributed by atoms with Gasteiger partial charge in [0.25, 0.3) is 5.91 Å². The van der Waals surface area contributed by atoms with Gasteiger partial charge in [-0.1, -0.05) is 25.0 Å². The van der Waals surface area contributed by atoms with Gasteiger partial charge in [-0.15, -0.1) is 0 Å². The Labute approximate surface area is 173 Å². The Bertz CT molecular complexity index is 810. The predicted octanol–water partition coefficient (Wildman–Crippen LogP) is 4.73. The number of carbonyl (C=O) groups excluding carboxylic acids is 1. The number of hydrogen-bond acceptors (Lipinski definition) is 4. The van der Waals surface area contributed by atoms with Crippen LogP contribution in [0.5, 0.6) is 17.2 Å². The molecule has 2 aromatic rings. The standard InChI is InChI=1S/C24H31NO4/c1-4-28-21-13-8-18(16-22(21)29-5-2)23(26)25-17-24(14-6-7-15-24)19-9-11-20(27-3)12-10-19/h8-13,16H,4-7,14-15,17H2,1-3H3,(H,25,26). The third-order valence-electron chi connectivity index (χ3n) is 5.66. The molecule has 1 saturated carbocycles. The van der Waals surface area contributed by atoms with E-state index in [2.05, 4.69) is 17.4 Å². The first kappa shape index (κ1) is 21.0. The monoisotopic (exact) mass is 397 g/mol. The Balaban J connectivity index is 1.74. The molecule has 0 radical (unpaired) electrons. The molecule has 2 aromatic carbocycles. The summed E-state index contributed by atoms with van der Waals surface area (Å²) in [5.41, 5.74) is 1.83. The van der Waals surface area contributed by atoms with E-state index in [0.29, 0.717) is 36.8 Å². The highest BCUT2D eigenvalue weighted by Gasteiger charge is 2.36. The molecule has 1 aliphatic carbocycles. The number of methoxy groups -OCH3 is 1. The molecule has 5 heteroatoms. The molecule has 156 valence electrons. The molecule has 0 saturated heterocycles. The molecular formula is C24H31NO4. The van der Waals surface area contributed by atoms with Crippen molar-refractivity contribution in [1.82, 2.24) is 5.32 Å². The van der Waals surface area contributed by atoms with Crippen molar-refractivity contribution in [2.24, 2.45) is 0 Å². The zero-order valence-electron chi connectivity index (χ0n) is 17.6. The SMILES string of the molecule is CCOc1ccc(C(=O)NCC2(c3ccc(OC)cc3)CCCC2)cc1OCC. The Kier molecular flexibility index (Phi) is 7.02. The van der Waals surface area contributed by atoms with E-state index >= 15 is 0 Å². The Morgan fingerprint density at radius 3 is 2.24 bits per heavy atom. The van der Waals surface area contributed by atoms with Gasteiger partial charge in [0.05, 0.1) is 20.3 Å². The number of amides is 1. The average Bonchev–Trinajstić information content (AvgIpc) is 3.24. The fraction of sp³-hybridized carbons (Fsp3) is 0.458.